The molecule has 0 bridgehead atoms. The number of rotatable bonds is 4. The Morgan fingerprint density at radius 3 is 1.96 bits per heavy atom. The summed E-state index contributed by atoms with van der Waals surface area (Å²) in [5.41, 5.74) is 0. The van der Waals surface area contributed by atoms with Crippen LogP contribution in [0.2, 0.25) is 0 Å². The minimum atomic E-state index is 0.267. The molecular weight excluding hydrogens is 288 g/mol. The van der Waals surface area contributed by atoms with E-state index in [2.05, 4.69) is 0 Å². The molecule has 0 N–H and O–H groups in total. The number of piperazine rings is 1. The molecule has 0 spiro atoms. The highest BCUT2D eigenvalue weighted by Crippen LogP contribution is 2.28. The maximum atomic E-state index is 12.4. The first-order valence-electron chi connectivity index (χ1n) is 9.80. The largest absolute Gasteiger partial charge is 0.339 e. The zero-order valence-corrected chi connectivity index (χ0v) is 14.5. The van der Waals surface area contributed by atoms with Gasteiger partial charge in [-0.15, -0.1) is 0 Å². The molecule has 3 fully saturated rings. The van der Waals surface area contributed by atoms with Gasteiger partial charge in [-0.25, -0.2) is 0 Å². The molecule has 0 aromatic rings. The highest BCUT2D eigenvalue weighted by molar-refractivity contribution is 5.80. The summed E-state index contributed by atoms with van der Waals surface area (Å²) in [4.78, 5) is 28.8. The zero-order chi connectivity index (χ0) is 16.1. The van der Waals surface area contributed by atoms with E-state index in [4.69, 9.17) is 0 Å². The van der Waals surface area contributed by atoms with Gasteiger partial charge in [0.1, 0.15) is 0 Å². The first kappa shape index (κ1) is 16.8. The second-order valence-corrected chi connectivity index (χ2v) is 7.73. The lowest BCUT2D eigenvalue weighted by molar-refractivity contribution is -0.142. The van der Waals surface area contributed by atoms with E-state index < -0.39 is 0 Å². The third-order valence-corrected chi connectivity index (χ3v) is 6.14. The molecule has 0 radical (unpaired) electrons. The molecule has 2 amide bonds. The van der Waals surface area contributed by atoms with Crippen molar-refractivity contribution in [3.8, 4) is 0 Å². The maximum Gasteiger partial charge on any atom is 0.225 e. The Morgan fingerprint density at radius 2 is 1.30 bits per heavy atom. The van der Waals surface area contributed by atoms with E-state index in [9.17, 15) is 9.59 Å². The summed E-state index contributed by atoms with van der Waals surface area (Å²) in [6.07, 6.45) is 13.0. The van der Waals surface area contributed by atoms with Crippen LogP contribution in [0.25, 0.3) is 0 Å². The van der Waals surface area contributed by atoms with Gasteiger partial charge in [-0.1, -0.05) is 44.9 Å². The van der Waals surface area contributed by atoms with Crippen LogP contribution >= 0.6 is 0 Å². The van der Waals surface area contributed by atoms with E-state index in [-0.39, 0.29) is 5.92 Å². The zero-order valence-electron chi connectivity index (χ0n) is 14.5. The van der Waals surface area contributed by atoms with Crippen LogP contribution < -0.4 is 0 Å². The summed E-state index contributed by atoms with van der Waals surface area (Å²) in [5.74, 6) is 1.70. The molecule has 4 heteroatoms. The monoisotopic (exact) mass is 320 g/mol. The summed E-state index contributed by atoms with van der Waals surface area (Å²) in [6.45, 7) is 2.96. The van der Waals surface area contributed by atoms with E-state index in [0.29, 0.717) is 18.2 Å². The van der Waals surface area contributed by atoms with Crippen molar-refractivity contribution >= 4 is 11.8 Å². The Labute approximate surface area is 140 Å². The first-order valence-corrected chi connectivity index (χ1v) is 9.80. The SMILES string of the molecule is O=C(CCC1CCCCC1)N1CCN(C(=O)C2CCCC2)CC1. The van der Waals surface area contributed by atoms with Gasteiger partial charge in [0.15, 0.2) is 0 Å². The summed E-state index contributed by atoms with van der Waals surface area (Å²) < 4.78 is 0. The molecule has 4 nitrogen and oxygen atoms in total. The fraction of sp³-hybridized carbons (Fsp3) is 0.895. The topological polar surface area (TPSA) is 40.6 Å². The maximum absolute atomic E-state index is 12.4. The van der Waals surface area contributed by atoms with Crippen LogP contribution in [-0.2, 0) is 9.59 Å². The fourth-order valence-electron chi connectivity index (χ4n) is 4.57. The number of hydrogen-bond donors (Lipinski definition) is 0. The van der Waals surface area contributed by atoms with Crippen molar-refractivity contribution in [3.63, 3.8) is 0 Å². The summed E-state index contributed by atoms with van der Waals surface area (Å²) in [7, 11) is 0. The number of hydrogen-bond acceptors (Lipinski definition) is 2. The standard InChI is InChI=1S/C19H32N2O2/c22-18(11-10-16-6-2-1-3-7-16)20-12-14-21(15-13-20)19(23)17-8-4-5-9-17/h16-17H,1-15H2. The summed E-state index contributed by atoms with van der Waals surface area (Å²) >= 11 is 0. The quantitative estimate of drug-likeness (QED) is 0.798. The fourth-order valence-corrected chi connectivity index (χ4v) is 4.57. The number of amides is 2. The average Bonchev–Trinajstić information content (AvgIpc) is 3.15. The average molecular weight is 320 g/mol. The van der Waals surface area contributed by atoms with Crippen LogP contribution in [-0.4, -0.2) is 47.8 Å². The molecule has 2 saturated carbocycles. The van der Waals surface area contributed by atoms with Gasteiger partial charge in [0.05, 0.1) is 0 Å². The van der Waals surface area contributed by atoms with Crippen molar-refractivity contribution in [3.05, 3.63) is 0 Å². The van der Waals surface area contributed by atoms with Crippen LogP contribution in [0.1, 0.15) is 70.6 Å². The molecule has 1 saturated heterocycles. The molecule has 23 heavy (non-hydrogen) atoms. The Kier molecular flexibility index (Phi) is 5.96. The van der Waals surface area contributed by atoms with Crippen LogP contribution in [0.3, 0.4) is 0 Å². The van der Waals surface area contributed by atoms with Gasteiger partial charge in [-0.2, -0.15) is 0 Å². The lowest BCUT2D eigenvalue weighted by atomic mass is 9.86. The summed E-state index contributed by atoms with van der Waals surface area (Å²) in [6, 6.07) is 0. The molecular formula is C19H32N2O2. The van der Waals surface area contributed by atoms with Gasteiger partial charge < -0.3 is 9.80 Å². The Bertz CT molecular complexity index is 404. The molecule has 0 unspecified atom stereocenters. The van der Waals surface area contributed by atoms with Gasteiger partial charge in [-0.3, -0.25) is 9.59 Å². The minimum absolute atomic E-state index is 0.267. The normalized spacial score (nSPS) is 24.2. The van der Waals surface area contributed by atoms with Gasteiger partial charge in [0.25, 0.3) is 0 Å². The molecule has 130 valence electrons. The summed E-state index contributed by atoms with van der Waals surface area (Å²) in [5, 5.41) is 0. The lowest BCUT2D eigenvalue weighted by Gasteiger charge is -2.36. The van der Waals surface area contributed by atoms with Crippen molar-refractivity contribution in [1.82, 2.24) is 9.80 Å². The molecule has 3 aliphatic rings. The molecule has 0 aromatic carbocycles. The predicted octanol–water partition coefficient (Wildman–Crippen LogP) is 3.21. The van der Waals surface area contributed by atoms with Crippen molar-refractivity contribution in [2.75, 3.05) is 26.2 Å². The lowest BCUT2D eigenvalue weighted by Crippen LogP contribution is -2.51. The molecule has 0 atom stereocenters. The van der Waals surface area contributed by atoms with E-state index in [1.807, 2.05) is 9.80 Å². The molecule has 1 heterocycles. The van der Waals surface area contributed by atoms with E-state index in [1.54, 1.807) is 0 Å². The second kappa shape index (κ2) is 8.16. The third-order valence-electron chi connectivity index (χ3n) is 6.14. The van der Waals surface area contributed by atoms with Crippen molar-refractivity contribution in [2.24, 2.45) is 11.8 Å². The van der Waals surface area contributed by atoms with Gasteiger partial charge in [-0.05, 0) is 25.2 Å². The predicted molar refractivity (Wildman–Crippen MR) is 90.9 cm³/mol. The second-order valence-electron chi connectivity index (χ2n) is 7.73. The number of carbonyl (C=O) groups excluding carboxylic acids is 2. The van der Waals surface area contributed by atoms with E-state index in [0.717, 1.165) is 51.4 Å². The number of carbonyl (C=O) groups is 2. The molecule has 1 aliphatic heterocycles. The van der Waals surface area contributed by atoms with Gasteiger partial charge >= 0.3 is 0 Å². The van der Waals surface area contributed by atoms with Crippen molar-refractivity contribution in [2.45, 2.75) is 70.6 Å². The van der Waals surface area contributed by atoms with Crippen molar-refractivity contribution < 1.29 is 9.59 Å². The Hall–Kier alpha value is -1.06. The highest BCUT2D eigenvalue weighted by atomic mass is 16.2. The minimum Gasteiger partial charge on any atom is -0.339 e. The van der Waals surface area contributed by atoms with Crippen LogP contribution in [0.15, 0.2) is 0 Å². The smallest absolute Gasteiger partial charge is 0.225 e. The third kappa shape index (κ3) is 4.48. The Balaban J connectivity index is 1.37. The van der Waals surface area contributed by atoms with Crippen LogP contribution in [0.5, 0.6) is 0 Å². The first-order chi connectivity index (χ1) is 11.2. The van der Waals surface area contributed by atoms with Gasteiger partial charge in [0.2, 0.25) is 11.8 Å². The van der Waals surface area contributed by atoms with Crippen LogP contribution in [0, 0.1) is 11.8 Å². The molecule has 2 aliphatic carbocycles. The Morgan fingerprint density at radius 1 is 0.739 bits per heavy atom. The molecule has 0 aromatic heterocycles. The highest BCUT2D eigenvalue weighted by Gasteiger charge is 2.30. The van der Waals surface area contributed by atoms with E-state index in [1.165, 1.54) is 44.9 Å². The van der Waals surface area contributed by atoms with Gasteiger partial charge in [0, 0.05) is 38.5 Å². The van der Waals surface area contributed by atoms with E-state index >= 15 is 0 Å². The number of nitrogens with zero attached hydrogens (tertiary/aromatic N) is 2. The van der Waals surface area contributed by atoms with Crippen molar-refractivity contribution in [1.29, 1.82) is 0 Å². The molecule has 3 rings (SSSR count). The van der Waals surface area contributed by atoms with Crippen LogP contribution in [0.4, 0.5) is 0 Å².